The lowest BCUT2D eigenvalue weighted by atomic mass is 10.1. The summed E-state index contributed by atoms with van der Waals surface area (Å²) in [6, 6.07) is 13.1. The summed E-state index contributed by atoms with van der Waals surface area (Å²) in [6.45, 7) is 1.40. The summed E-state index contributed by atoms with van der Waals surface area (Å²) < 4.78 is 23.5. The van der Waals surface area contributed by atoms with Crippen molar-refractivity contribution < 1.29 is 18.0 Å². The molecule has 24 heavy (non-hydrogen) atoms. The van der Waals surface area contributed by atoms with Crippen molar-refractivity contribution in [2.24, 2.45) is 0 Å². The molecule has 2 N–H and O–H groups in total. The summed E-state index contributed by atoms with van der Waals surface area (Å²) in [5, 5.41) is 5.33. The number of sulfone groups is 1. The van der Waals surface area contributed by atoms with Gasteiger partial charge in [-0.25, -0.2) is 8.42 Å². The monoisotopic (exact) mass is 346 g/mol. The molecule has 0 aliphatic rings. The first-order valence-electron chi connectivity index (χ1n) is 7.21. The summed E-state index contributed by atoms with van der Waals surface area (Å²) in [5.74, 6) is -0.549. The molecule has 0 saturated heterocycles. The van der Waals surface area contributed by atoms with Gasteiger partial charge in [0.05, 0.1) is 11.3 Å². The van der Waals surface area contributed by atoms with Gasteiger partial charge in [0.15, 0.2) is 9.84 Å². The number of nitrogens with one attached hydrogen (secondary N) is 2. The maximum atomic E-state index is 12.2. The number of hydrogen-bond acceptors (Lipinski definition) is 4. The molecule has 0 atom stereocenters. The van der Waals surface area contributed by atoms with Gasteiger partial charge in [-0.05, 0) is 29.8 Å². The Hall–Kier alpha value is -2.67. The maximum Gasteiger partial charge on any atom is 0.228 e. The Morgan fingerprint density at radius 2 is 1.58 bits per heavy atom. The highest BCUT2D eigenvalue weighted by molar-refractivity contribution is 7.90. The molecule has 126 valence electrons. The highest BCUT2D eigenvalue weighted by Crippen LogP contribution is 2.18. The Morgan fingerprint density at radius 1 is 0.958 bits per heavy atom. The summed E-state index contributed by atoms with van der Waals surface area (Å²) in [7, 11) is -3.40. The molecule has 0 radical (unpaired) electrons. The minimum Gasteiger partial charge on any atom is -0.326 e. The van der Waals surface area contributed by atoms with E-state index in [0.717, 1.165) is 6.26 Å². The average molecular weight is 346 g/mol. The number of carbonyl (C=O) groups excluding carboxylic acids is 2. The van der Waals surface area contributed by atoms with Gasteiger partial charge >= 0.3 is 0 Å². The second kappa shape index (κ2) is 7.27. The van der Waals surface area contributed by atoms with Crippen molar-refractivity contribution in [3.63, 3.8) is 0 Å². The number of benzene rings is 2. The first-order chi connectivity index (χ1) is 11.3. The summed E-state index contributed by atoms with van der Waals surface area (Å²) >= 11 is 0. The SMILES string of the molecule is CC(=O)Nc1cccc(NC(=O)Cc2ccccc2S(C)(=O)=O)c1. The van der Waals surface area contributed by atoms with Crippen molar-refractivity contribution in [3.05, 3.63) is 54.1 Å². The summed E-state index contributed by atoms with van der Waals surface area (Å²) in [4.78, 5) is 23.4. The Morgan fingerprint density at radius 3 is 2.21 bits per heavy atom. The van der Waals surface area contributed by atoms with Gasteiger partial charge in [-0.3, -0.25) is 9.59 Å². The Labute approximate surface area is 140 Å². The molecule has 0 unspecified atom stereocenters. The Kier molecular flexibility index (Phi) is 5.35. The van der Waals surface area contributed by atoms with Crippen LogP contribution in [0.25, 0.3) is 0 Å². The Bertz CT molecular complexity index is 876. The number of anilines is 2. The molecule has 0 spiro atoms. The van der Waals surface area contributed by atoms with Crippen LogP contribution in [0.15, 0.2) is 53.4 Å². The van der Waals surface area contributed by atoms with E-state index in [1.807, 2.05) is 0 Å². The van der Waals surface area contributed by atoms with Crippen LogP contribution in [0.4, 0.5) is 11.4 Å². The van der Waals surface area contributed by atoms with Crippen LogP contribution < -0.4 is 10.6 Å². The first-order valence-corrected chi connectivity index (χ1v) is 9.10. The lowest BCUT2D eigenvalue weighted by Gasteiger charge is -2.10. The lowest BCUT2D eigenvalue weighted by molar-refractivity contribution is -0.116. The average Bonchev–Trinajstić information content (AvgIpc) is 2.46. The van der Waals surface area contributed by atoms with Gasteiger partial charge in [-0.15, -0.1) is 0 Å². The van der Waals surface area contributed by atoms with Gasteiger partial charge in [0.25, 0.3) is 0 Å². The molecule has 2 amide bonds. The van der Waals surface area contributed by atoms with Crippen LogP contribution in [0.1, 0.15) is 12.5 Å². The van der Waals surface area contributed by atoms with Crippen LogP contribution in [0, 0.1) is 0 Å². The lowest BCUT2D eigenvalue weighted by Crippen LogP contribution is -2.16. The maximum absolute atomic E-state index is 12.2. The molecule has 7 heteroatoms. The molecule has 2 rings (SSSR count). The van der Waals surface area contributed by atoms with Gasteiger partial charge in [-0.2, -0.15) is 0 Å². The van der Waals surface area contributed by atoms with E-state index >= 15 is 0 Å². The molecular weight excluding hydrogens is 328 g/mol. The van der Waals surface area contributed by atoms with E-state index in [-0.39, 0.29) is 23.1 Å². The summed E-state index contributed by atoms with van der Waals surface area (Å²) in [6.07, 6.45) is 1.05. The largest absolute Gasteiger partial charge is 0.326 e. The Balaban J connectivity index is 2.14. The van der Waals surface area contributed by atoms with E-state index < -0.39 is 9.84 Å². The molecular formula is C17H18N2O4S. The van der Waals surface area contributed by atoms with Crippen molar-refractivity contribution in [2.75, 3.05) is 16.9 Å². The number of carbonyl (C=O) groups is 2. The third-order valence-electron chi connectivity index (χ3n) is 3.19. The van der Waals surface area contributed by atoms with Crippen LogP contribution in [0.3, 0.4) is 0 Å². The number of rotatable bonds is 5. The third kappa shape index (κ3) is 4.92. The van der Waals surface area contributed by atoms with Gasteiger partial charge in [0.1, 0.15) is 0 Å². The molecule has 0 bridgehead atoms. The zero-order chi connectivity index (χ0) is 17.7. The number of amides is 2. The van der Waals surface area contributed by atoms with Crippen LogP contribution in [-0.2, 0) is 25.8 Å². The molecule has 6 nitrogen and oxygen atoms in total. The third-order valence-corrected chi connectivity index (χ3v) is 4.39. The molecule has 2 aromatic carbocycles. The van der Waals surface area contributed by atoms with Crippen LogP contribution in [0.2, 0.25) is 0 Å². The first kappa shape index (κ1) is 17.7. The molecule has 2 aromatic rings. The number of hydrogen-bond donors (Lipinski definition) is 2. The predicted octanol–water partition coefficient (Wildman–Crippen LogP) is 2.23. The van der Waals surface area contributed by atoms with Crippen LogP contribution in [0.5, 0.6) is 0 Å². The molecule has 0 aliphatic heterocycles. The van der Waals surface area contributed by atoms with E-state index in [4.69, 9.17) is 0 Å². The molecule has 0 fully saturated rings. The second-order valence-corrected chi connectivity index (χ2v) is 7.35. The standard InChI is InChI=1S/C17H18N2O4S/c1-12(20)18-14-7-5-8-15(11-14)19-17(21)10-13-6-3-4-9-16(13)24(2,22)23/h3-9,11H,10H2,1-2H3,(H,18,20)(H,19,21). The van der Waals surface area contributed by atoms with Crippen molar-refractivity contribution in [1.29, 1.82) is 0 Å². The fourth-order valence-electron chi connectivity index (χ4n) is 2.27. The smallest absolute Gasteiger partial charge is 0.228 e. The fraction of sp³-hybridized carbons (Fsp3) is 0.176. The van der Waals surface area contributed by atoms with Gasteiger partial charge in [0.2, 0.25) is 11.8 Å². The quantitative estimate of drug-likeness (QED) is 0.868. The molecule has 0 aromatic heterocycles. The van der Waals surface area contributed by atoms with Gasteiger partial charge in [-0.1, -0.05) is 24.3 Å². The normalized spacial score (nSPS) is 10.9. The topological polar surface area (TPSA) is 92.3 Å². The van der Waals surface area contributed by atoms with Crippen LogP contribution >= 0.6 is 0 Å². The van der Waals surface area contributed by atoms with E-state index in [0.29, 0.717) is 16.9 Å². The van der Waals surface area contributed by atoms with Gasteiger partial charge in [0, 0.05) is 24.6 Å². The summed E-state index contributed by atoms with van der Waals surface area (Å²) in [5.41, 5.74) is 1.52. The van der Waals surface area contributed by atoms with E-state index in [1.54, 1.807) is 42.5 Å². The highest BCUT2D eigenvalue weighted by atomic mass is 32.2. The van der Waals surface area contributed by atoms with Crippen molar-refractivity contribution in [3.8, 4) is 0 Å². The molecule has 0 heterocycles. The second-order valence-electron chi connectivity index (χ2n) is 5.37. The van der Waals surface area contributed by atoms with Crippen molar-refractivity contribution >= 4 is 33.0 Å². The predicted molar refractivity (Wildman–Crippen MR) is 92.6 cm³/mol. The fourth-order valence-corrected chi connectivity index (χ4v) is 3.21. The minimum atomic E-state index is -3.40. The van der Waals surface area contributed by atoms with E-state index in [9.17, 15) is 18.0 Å². The van der Waals surface area contributed by atoms with E-state index in [2.05, 4.69) is 10.6 Å². The van der Waals surface area contributed by atoms with Crippen molar-refractivity contribution in [2.45, 2.75) is 18.2 Å². The highest BCUT2D eigenvalue weighted by Gasteiger charge is 2.15. The van der Waals surface area contributed by atoms with Crippen molar-refractivity contribution in [1.82, 2.24) is 0 Å². The minimum absolute atomic E-state index is 0.0619. The van der Waals surface area contributed by atoms with Crippen LogP contribution in [-0.4, -0.2) is 26.5 Å². The molecule has 0 aliphatic carbocycles. The molecule has 0 saturated carbocycles. The zero-order valence-corrected chi connectivity index (χ0v) is 14.2. The van der Waals surface area contributed by atoms with Gasteiger partial charge < -0.3 is 10.6 Å². The van der Waals surface area contributed by atoms with E-state index in [1.165, 1.54) is 13.0 Å². The zero-order valence-electron chi connectivity index (χ0n) is 13.4.